The van der Waals surface area contributed by atoms with Gasteiger partial charge in [0.1, 0.15) is 17.6 Å². The van der Waals surface area contributed by atoms with Gasteiger partial charge in [-0.25, -0.2) is 0 Å². The molecule has 1 heterocycles. The molecule has 5 nitrogen and oxygen atoms in total. The third kappa shape index (κ3) is 4.62. The summed E-state index contributed by atoms with van der Waals surface area (Å²) in [4.78, 5) is 23.0. The fourth-order valence-electron chi connectivity index (χ4n) is 1.63. The normalized spacial score (nSPS) is 14.3. The van der Waals surface area contributed by atoms with E-state index in [9.17, 15) is 9.59 Å². The summed E-state index contributed by atoms with van der Waals surface area (Å²) in [6.45, 7) is 5.63. The van der Waals surface area contributed by atoms with E-state index in [4.69, 9.17) is 10.2 Å². The van der Waals surface area contributed by atoms with Crippen LogP contribution >= 0.6 is 0 Å². The molecule has 0 saturated heterocycles. The average molecular weight is 264 g/mol. The molecule has 1 rings (SSSR count). The van der Waals surface area contributed by atoms with E-state index in [2.05, 4.69) is 5.32 Å². The minimum atomic E-state index is -0.652. The highest BCUT2D eigenvalue weighted by Gasteiger charge is 2.22. The Labute approximate surface area is 112 Å². The average Bonchev–Trinajstić information content (AvgIpc) is 2.78. The smallest absolute Gasteiger partial charge is 0.244 e. The fraction of sp³-hybridized carbons (Fsp3) is 0.429. The molecule has 0 aromatic carbocycles. The van der Waals surface area contributed by atoms with Crippen molar-refractivity contribution in [1.82, 2.24) is 5.32 Å². The van der Waals surface area contributed by atoms with E-state index in [1.807, 2.05) is 26.8 Å². The van der Waals surface area contributed by atoms with Crippen molar-refractivity contribution in [2.45, 2.75) is 33.2 Å². The first-order valence-corrected chi connectivity index (χ1v) is 6.28. The third-order valence-corrected chi connectivity index (χ3v) is 2.98. The van der Waals surface area contributed by atoms with E-state index in [1.165, 1.54) is 6.08 Å². The van der Waals surface area contributed by atoms with Crippen LogP contribution in [0.5, 0.6) is 0 Å². The molecule has 2 atom stereocenters. The van der Waals surface area contributed by atoms with Crippen LogP contribution in [0.15, 0.2) is 22.6 Å². The molecule has 0 bridgehead atoms. The van der Waals surface area contributed by atoms with Crippen LogP contribution in [0.2, 0.25) is 0 Å². The zero-order valence-electron chi connectivity index (χ0n) is 11.5. The van der Waals surface area contributed by atoms with Gasteiger partial charge >= 0.3 is 0 Å². The fourth-order valence-corrected chi connectivity index (χ4v) is 1.63. The van der Waals surface area contributed by atoms with E-state index in [-0.39, 0.29) is 11.8 Å². The molecule has 19 heavy (non-hydrogen) atoms. The summed E-state index contributed by atoms with van der Waals surface area (Å²) < 4.78 is 5.30. The largest absolute Gasteiger partial charge is 0.462 e. The highest BCUT2D eigenvalue weighted by atomic mass is 16.3. The summed E-state index contributed by atoms with van der Waals surface area (Å²) in [5.74, 6) is 0.477. The van der Waals surface area contributed by atoms with Crippen LogP contribution in [0.25, 0.3) is 6.08 Å². The van der Waals surface area contributed by atoms with Gasteiger partial charge in [-0.3, -0.25) is 9.59 Å². The van der Waals surface area contributed by atoms with Crippen molar-refractivity contribution in [2.24, 2.45) is 11.7 Å². The number of amides is 2. The summed E-state index contributed by atoms with van der Waals surface area (Å²) in [6, 6.07) is 2.92. The van der Waals surface area contributed by atoms with Gasteiger partial charge in [0.2, 0.25) is 11.8 Å². The van der Waals surface area contributed by atoms with Crippen molar-refractivity contribution in [3.8, 4) is 0 Å². The van der Waals surface area contributed by atoms with Crippen LogP contribution in [0.4, 0.5) is 0 Å². The molecule has 0 fully saturated rings. The molecule has 1 aromatic rings. The predicted molar refractivity (Wildman–Crippen MR) is 73.1 cm³/mol. The van der Waals surface area contributed by atoms with Crippen molar-refractivity contribution in [3.63, 3.8) is 0 Å². The Bertz CT molecular complexity index is 477. The molecule has 0 saturated carbocycles. The Morgan fingerprint density at radius 3 is 2.63 bits per heavy atom. The number of nitrogens with one attached hydrogen (secondary N) is 1. The zero-order valence-corrected chi connectivity index (χ0v) is 11.5. The lowest BCUT2D eigenvalue weighted by atomic mass is 9.98. The van der Waals surface area contributed by atoms with Gasteiger partial charge in [-0.05, 0) is 31.1 Å². The second-order valence-electron chi connectivity index (χ2n) is 4.56. The number of primary amides is 1. The molecule has 3 N–H and O–H groups in total. The van der Waals surface area contributed by atoms with E-state index in [0.29, 0.717) is 5.76 Å². The van der Waals surface area contributed by atoms with E-state index in [1.54, 1.807) is 12.1 Å². The SMILES string of the molecule is CCC(C)C(NC(=O)C=Cc1ccc(C)o1)C(N)=O. The Hall–Kier alpha value is -2.04. The van der Waals surface area contributed by atoms with Gasteiger partial charge in [0.25, 0.3) is 0 Å². The van der Waals surface area contributed by atoms with Gasteiger partial charge in [0.05, 0.1) is 0 Å². The van der Waals surface area contributed by atoms with Crippen molar-refractivity contribution < 1.29 is 14.0 Å². The van der Waals surface area contributed by atoms with Crippen LogP contribution in [-0.2, 0) is 9.59 Å². The molecule has 104 valence electrons. The van der Waals surface area contributed by atoms with Gasteiger partial charge in [-0.1, -0.05) is 20.3 Å². The highest BCUT2D eigenvalue weighted by molar-refractivity contribution is 5.95. The minimum absolute atomic E-state index is 0.000655. The first-order chi connectivity index (χ1) is 8.93. The summed E-state index contributed by atoms with van der Waals surface area (Å²) in [6.07, 6.45) is 3.64. The summed E-state index contributed by atoms with van der Waals surface area (Å²) in [5.41, 5.74) is 5.28. The van der Waals surface area contributed by atoms with Gasteiger partial charge in [-0.2, -0.15) is 0 Å². The van der Waals surface area contributed by atoms with Crippen molar-refractivity contribution >= 4 is 17.9 Å². The van der Waals surface area contributed by atoms with Crippen LogP contribution in [0.1, 0.15) is 31.8 Å². The monoisotopic (exact) mass is 264 g/mol. The second-order valence-corrected chi connectivity index (χ2v) is 4.56. The predicted octanol–water partition coefficient (Wildman–Crippen LogP) is 1.62. The van der Waals surface area contributed by atoms with Crippen LogP contribution in [-0.4, -0.2) is 17.9 Å². The van der Waals surface area contributed by atoms with Gasteiger partial charge in [0.15, 0.2) is 0 Å². The molecule has 0 radical (unpaired) electrons. The summed E-state index contributed by atoms with van der Waals surface area (Å²) >= 11 is 0. The number of aryl methyl sites for hydroxylation is 1. The van der Waals surface area contributed by atoms with Crippen molar-refractivity contribution in [3.05, 3.63) is 29.7 Å². The van der Waals surface area contributed by atoms with Crippen LogP contribution < -0.4 is 11.1 Å². The molecular weight excluding hydrogens is 244 g/mol. The van der Waals surface area contributed by atoms with Gasteiger partial charge < -0.3 is 15.5 Å². The summed E-state index contributed by atoms with van der Waals surface area (Å²) in [7, 11) is 0. The van der Waals surface area contributed by atoms with E-state index < -0.39 is 11.9 Å². The maximum Gasteiger partial charge on any atom is 0.244 e. The van der Waals surface area contributed by atoms with E-state index in [0.717, 1.165) is 12.2 Å². The Morgan fingerprint density at radius 1 is 1.47 bits per heavy atom. The summed E-state index contributed by atoms with van der Waals surface area (Å²) in [5, 5.41) is 2.60. The Kier molecular flexibility index (Phi) is 5.36. The molecule has 2 amide bonds. The second kappa shape index (κ2) is 6.78. The molecule has 0 aliphatic carbocycles. The molecule has 2 unspecified atom stereocenters. The lowest BCUT2D eigenvalue weighted by molar-refractivity contribution is -0.126. The first kappa shape index (κ1) is 15.0. The van der Waals surface area contributed by atoms with Crippen LogP contribution in [0, 0.1) is 12.8 Å². The molecule has 5 heteroatoms. The van der Waals surface area contributed by atoms with Crippen molar-refractivity contribution in [2.75, 3.05) is 0 Å². The Balaban J connectivity index is 2.62. The number of carbonyl (C=O) groups excluding carboxylic acids is 2. The lowest BCUT2D eigenvalue weighted by Crippen LogP contribution is -2.47. The first-order valence-electron chi connectivity index (χ1n) is 6.28. The number of carbonyl (C=O) groups is 2. The highest BCUT2D eigenvalue weighted by Crippen LogP contribution is 2.09. The molecule has 1 aromatic heterocycles. The van der Waals surface area contributed by atoms with Gasteiger partial charge in [-0.15, -0.1) is 0 Å². The maximum atomic E-state index is 11.7. The molecular formula is C14H20N2O3. The lowest BCUT2D eigenvalue weighted by Gasteiger charge is -2.20. The number of nitrogens with two attached hydrogens (primary N) is 1. The standard InChI is InChI=1S/C14H20N2O3/c1-4-9(2)13(14(15)18)16-12(17)8-7-11-6-5-10(3)19-11/h5-9,13H,4H2,1-3H3,(H2,15,18)(H,16,17). The number of hydrogen-bond donors (Lipinski definition) is 2. The quantitative estimate of drug-likeness (QED) is 0.765. The van der Waals surface area contributed by atoms with Crippen LogP contribution in [0.3, 0.4) is 0 Å². The number of rotatable bonds is 6. The van der Waals surface area contributed by atoms with Gasteiger partial charge in [0, 0.05) is 6.08 Å². The number of hydrogen-bond acceptors (Lipinski definition) is 3. The number of furan rings is 1. The maximum absolute atomic E-state index is 11.7. The van der Waals surface area contributed by atoms with Crippen molar-refractivity contribution in [1.29, 1.82) is 0 Å². The Morgan fingerprint density at radius 2 is 2.16 bits per heavy atom. The molecule has 0 spiro atoms. The zero-order chi connectivity index (χ0) is 14.4. The molecule has 0 aliphatic rings. The molecule has 0 aliphatic heterocycles. The topological polar surface area (TPSA) is 85.3 Å². The third-order valence-electron chi connectivity index (χ3n) is 2.98. The minimum Gasteiger partial charge on any atom is -0.462 e. The van der Waals surface area contributed by atoms with E-state index >= 15 is 0 Å².